The minimum atomic E-state index is 0.346. The van der Waals surface area contributed by atoms with Crippen LogP contribution in [0.15, 0.2) is 48.8 Å². The third kappa shape index (κ3) is 3.30. The minimum Gasteiger partial charge on any atom is -0.493 e. The molecular weight excluding hydrogens is 473 g/mol. The van der Waals surface area contributed by atoms with E-state index in [-0.39, 0.29) is 0 Å². The predicted molar refractivity (Wildman–Crippen MR) is 126 cm³/mol. The van der Waals surface area contributed by atoms with Crippen molar-refractivity contribution in [3.8, 4) is 28.4 Å². The molecule has 0 N–H and O–H groups in total. The molecule has 7 nitrogen and oxygen atoms in total. The molecule has 0 aliphatic rings. The molecule has 0 saturated heterocycles. The van der Waals surface area contributed by atoms with Gasteiger partial charge in [-0.2, -0.15) is 9.78 Å². The van der Waals surface area contributed by atoms with E-state index in [0.29, 0.717) is 43.5 Å². The molecule has 0 aliphatic heterocycles. The molecule has 0 atom stereocenters. The fraction of sp³-hybridized carbons (Fsp3) is 0.0909. The molecule has 3 aromatic heterocycles. The maximum Gasteiger partial charge on any atom is 0.187 e. The highest BCUT2D eigenvalue weighted by Crippen LogP contribution is 2.44. The SMILES string of the molecule is COc1cc2c(nnc3c2cnn3-c2ncc(Cl)cc2Cl)c(-c2ccc(Cl)cc2)c1OC. The molecule has 0 amide bonds. The summed E-state index contributed by atoms with van der Waals surface area (Å²) in [6.07, 6.45) is 3.19. The van der Waals surface area contributed by atoms with Gasteiger partial charge >= 0.3 is 0 Å². The van der Waals surface area contributed by atoms with Crippen molar-refractivity contribution < 1.29 is 9.47 Å². The lowest BCUT2D eigenvalue weighted by Gasteiger charge is -2.15. The van der Waals surface area contributed by atoms with Crippen LogP contribution in [0.3, 0.4) is 0 Å². The Morgan fingerprint density at radius 2 is 1.62 bits per heavy atom. The van der Waals surface area contributed by atoms with Gasteiger partial charge in [-0.1, -0.05) is 46.9 Å². The van der Waals surface area contributed by atoms with Crippen molar-refractivity contribution in [3.05, 3.63) is 63.9 Å². The smallest absolute Gasteiger partial charge is 0.187 e. The molecule has 3 heterocycles. The van der Waals surface area contributed by atoms with E-state index in [4.69, 9.17) is 44.3 Å². The topological polar surface area (TPSA) is 75.0 Å². The van der Waals surface area contributed by atoms with Crippen LogP contribution in [-0.2, 0) is 0 Å². The van der Waals surface area contributed by atoms with E-state index >= 15 is 0 Å². The van der Waals surface area contributed by atoms with E-state index in [9.17, 15) is 0 Å². The zero-order chi connectivity index (χ0) is 22.4. The largest absolute Gasteiger partial charge is 0.493 e. The van der Waals surface area contributed by atoms with Crippen LogP contribution >= 0.6 is 34.8 Å². The molecular formula is C22H14Cl3N5O2. The van der Waals surface area contributed by atoms with Gasteiger partial charge in [0.1, 0.15) is 5.52 Å². The summed E-state index contributed by atoms with van der Waals surface area (Å²) in [5.41, 5.74) is 2.72. The van der Waals surface area contributed by atoms with E-state index in [1.54, 1.807) is 38.6 Å². The van der Waals surface area contributed by atoms with E-state index < -0.39 is 0 Å². The fourth-order valence-electron chi connectivity index (χ4n) is 3.62. The number of fused-ring (bicyclic) bond motifs is 3. The summed E-state index contributed by atoms with van der Waals surface area (Å²) in [6.45, 7) is 0. The Kier molecular flexibility index (Phi) is 5.25. The van der Waals surface area contributed by atoms with Crippen molar-refractivity contribution in [1.29, 1.82) is 0 Å². The second kappa shape index (κ2) is 8.09. The van der Waals surface area contributed by atoms with Crippen molar-refractivity contribution in [2.45, 2.75) is 0 Å². The van der Waals surface area contributed by atoms with Gasteiger partial charge in [0.15, 0.2) is 23.0 Å². The second-order valence-corrected chi connectivity index (χ2v) is 8.12. The Morgan fingerprint density at radius 3 is 2.31 bits per heavy atom. The van der Waals surface area contributed by atoms with E-state index in [0.717, 1.165) is 21.9 Å². The summed E-state index contributed by atoms with van der Waals surface area (Å²) in [6, 6.07) is 10.9. The van der Waals surface area contributed by atoms with Crippen LogP contribution in [0.2, 0.25) is 15.1 Å². The minimum absolute atomic E-state index is 0.346. The zero-order valence-electron chi connectivity index (χ0n) is 16.8. The first kappa shape index (κ1) is 20.8. The molecule has 0 radical (unpaired) electrons. The number of pyridine rings is 1. The number of methoxy groups -OCH3 is 2. The van der Waals surface area contributed by atoms with Crippen LogP contribution < -0.4 is 9.47 Å². The lowest BCUT2D eigenvalue weighted by atomic mass is 9.99. The van der Waals surface area contributed by atoms with Crippen LogP contribution in [0.4, 0.5) is 0 Å². The van der Waals surface area contributed by atoms with E-state index in [2.05, 4.69) is 20.3 Å². The number of hydrogen-bond acceptors (Lipinski definition) is 6. The van der Waals surface area contributed by atoms with Gasteiger partial charge in [-0.25, -0.2) is 4.98 Å². The number of aromatic nitrogens is 5. The Hall–Kier alpha value is -3.13. The average molecular weight is 487 g/mol. The van der Waals surface area contributed by atoms with Crippen LogP contribution in [0, 0.1) is 0 Å². The average Bonchev–Trinajstić information content (AvgIpc) is 3.22. The van der Waals surface area contributed by atoms with Gasteiger partial charge in [-0.3, -0.25) is 0 Å². The summed E-state index contributed by atoms with van der Waals surface area (Å²) in [5.74, 6) is 1.50. The quantitative estimate of drug-likeness (QED) is 0.310. The van der Waals surface area contributed by atoms with E-state index in [1.807, 2.05) is 18.2 Å². The molecule has 2 aromatic carbocycles. The number of halogens is 3. The maximum absolute atomic E-state index is 6.34. The Bertz CT molecular complexity index is 1490. The molecule has 0 fully saturated rings. The number of rotatable bonds is 4. The highest BCUT2D eigenvalue weighted by atomic mass is 35.5. The van der Waals surface area contributed by atoms with Crippen molar-refractivity contribution in [3.63, 3.8) is 0 Å². The molecule has 10 heteroatoms. The number of nitrogens with zero attached hydrogens (tertiary/aromatic N) is 5. The van der Waals surface area contributed by atoms with Gasteiger partial charge in [0, 0.05) is 16.6 Å². The molecule has 5 aromatic rings. The van der Waals surface area contributed by atoms with Crippen LogP contribution in [0.5, 0.6) is 11.5 Å². The summed E-state index contributed by atoms with van der Waals surface area (Å²) < 4.78 is 12.8. The maximum atomic E-state index is 6.34. The van der Waals surface area contributed by atoms with Gasteiger partial charge in [0.25, 0.3) is 0 Å². The summed E-state index contributed by atoms with van der Waals surface area (Å²) in [5, 5.41) is 16.3. The van der Waals surface area contributed by atoms with Crippen LogP contribution in [0.25, 0.3) is 38.9 Å². The lowest BCUT2D eigenvalue weighted by molar-refractivity contribution is 0.357. The first-order valence-electron chi connectivity index (χ1n) is 9.38. The van der Waals surface area contributed by atoms with Crippen molar-refractivity contribution in [1.82, 2.24) is 25.0 Å². The third-order valence-corrected chi connectivity index (χ3v) is 5.78. The number of hydrogen-bond donors (Lipinski definition) is 0. The second-order valence-electron chi connectivity index (χ2n) is 6.84. The van der Waals surface area contributed by atoms with Gasteiger partial charge in [0.05, 0.1) is 41.4 Å². The Labute approximate surface area is 197 Å². The molecule has 32 heavy (non-hydrogen) atoms. The summed E-state index contributed by atoms with van der Waals surface area (Å²) in [4.78, 5) is 4.30. The molecule has 5 rings (SSSR count). The standard InChI is InChI=1S/C22H14Cl3N5O2/c1-31-17-8-14-15-10-27-30(22-16(25)7-13(24)9-26-22)21(15)29-28-19(14)18(20(17)32-2)11-3-5-12(23)6-4-11/h3-10H,1-2H3. The monoisotopic (exact) mass is 485 g/mol. The molecule has 0 bridgehead atoms. The first-order chi connectivity index (χ1) is 15.5. The predicted octanol–water partition coefficient (Wildman–Crippen LogP) is 6.01. The summed E-state index contributed by atoms with van der Waals surface area (Å²) in [7, 11) is 3.17. The van der Waals surface area contributed by atoms with Gasteiger partial charge < -0.3 is 9.47 Å². The van der Waals surface area contributed by atoms with Crippen molar-refractivity contribution in [2.75, 3.05) is 14.2 Å². The molecule has 0 unspecified atom stereocenters. The van der Waals surface area contributed by atoms with E-state index in [1.165, 1.54) is 10.9 Å². The van der Waals surface area contributed by atoms with Gasteiger partial charge in [0.2, 0.25) is 0 Å². The molecule has 0 aliphatic carbocycles. The Morgan fingerprint density at radius 1 is 0.844 bits per heavy atom. The summed E-state index contributed by atoms with van der Waals surface area (Å²) >= 11 is 18.4. The molecule has 160 valence electrons. The normalized spacial score (nSPS) is 11.3. The highest BCUT2D eigenvalue weighted by Gasteiger charge is 2.22. The van der Waals surface area contributed by atoms with Crippen LogP contribution in [0.1, 0.15) is 0 Å². The Balaban J connectivity index is 1.84. The zero-order valence-corrected chi connectivity index (χ0v) is 19.1. The first-order valence-corrected chi connectivity index (χ1v) is 10.5. The number of ether oxygens (including phenoxy) is 2. The van der Waals surface area contributed by atoms with Gasteiger partial charge in [-0.15, -0.1) is 10.2 Å². The van der Waals surface area contributed by atoms with Crippen molar-refractivity contribution >= 4 is 56.7 Å². The highest BCUT2D eigenvalue weighted by molar-refractivity contribution is 6.35. The van der Waals surface area contributed by atoms with Gasteiger partial charge in [-0.05, 0) is 29.8 Å². The van der Waals surface area contributed by atoms with Crippen molar-refractivity contribution in [2.24, 2.45) is 0 Å². The number of benzene rings is 2. The lowest BCUT2D eigenvalue weighted by Crippen LogP contribution is -2.03. The third-order valence-electron chi connectivity index (χ3n) is 5.04. The van der Waals surface area contributed by atoms with Crippen LogP contribution in [-0.4, -0.2) is 39.2 Å². The molecule has 0 spiro atoms. The molecule has 0 saturated carbocycles. The fourth-order valence-corrected chi connectivity index (χ4v) is 4.21.